The fraction of sp³-hybridized carbons (Fsp3) is 0.333. The van der Waals surface area contributed by atoms with Crippen molar-refractivity contribution < 1.29 is 9.05 Å². The number of para-hydroxylation sites is 2. The summed E-state index contributed by atoms with van der Waals surface area (Å²) in [6, 6.07) is 20.2. The minimum atomic E-state index is -0.369. The smallest absolute Gasteiger partial charge is 0.123 e. The lowest BCUT2D eigenvalue weighted by Gasteiger charge is -2.16. The summed E-state index contributed by atoms with van der Waals surface area (Å²) in [7, 11) is -0.739. The van der Waals surface area contributed by atoms with E-state index in [2.05, 4.69) is 13.3 Å². The monoisotopic (exact) mass is 334 g/mol. The van der Waals surface area contributed by atoms with Crippen LogP contribution in [-0.4, -0.2) is 25.7 Å². The second kappa shape index (κ2) is 9.82. The fourth-order valence-corrected chi connectivity index (χ4v) is 4.57. The number of hydrogen-bond donors (Lipinski definition) is 0. The van der Waals surface area contributed by atoms with E-state index in [0.717, 1.165) is 23.8 Å². The minimum absolute atomic E-state index is 0.369. The third kappa shape index (κ3) is 6.77. The number of hydrogen-bond acceptors (Lipinski definition) is 2. The summed E-state index contributed by atoms with van der Waals surface area (Å²) in [5.74, 6) is 1.97. The molecule has 0 aliphatic carbocycles. The Morgan fingerprint density at radius 2 is 1.00 bits per heavy atom. The van der Waals surface area contributed by atoms with Gasteiger partial charge in [0, 0.05) is 12.3 Å². The lowest BCUT2D eigenvalue weighted by Crippen LogP contribution is -1.95. The van der Waals surface area contributed by atoms with Crippen molar-refractivity contribution >= 4 is 16.3 Å². The van der Waals surface area contributed by atoms with Gasteiger partial charge in [-0.1, -0.05) is 36.4 Å². The second-order valence-corrected chi connectivity index (χ2v) is 8.99. The molecular weight excluding hydrogens is 310 g/mol. The van der Waals surface area contributed by atoms with Crippen LogP contribution in [-0.2, 0) is 0 Å². The van der Waals surface area contributed by atoms with Gasteiger partial charge in [0.15, 0.2) is 0 Å². The van der Waals surface area contributed by atoms with E-state index in [9.17, 15) is 0 Å². The molecule has 4 heteroatoms. The average Bonchev–Trinajstić information content (AvgIpc) is 2.53. The van der Waals surface area contributed by atoms with Crippen molar-refractivity contribution in [2.24, 2.45) is 0 Å². The highest BCUT2D eigenvalue weighted by Gasteiger charge is 2.07. The van der Waals surface area contributed by atoms with Crippen LogP contribution in [0.1, 0.15) is 12.8 Å². The van der Waals surface area contributed by atoms with E-state index in [1.807, 2.05) is 60.7 Å². The molecule has 0 heterocycles. The molecule has 2 unspecified atom stereocenters. The quantitative estimate of drug-likeness (QED) is 0.415. The van der Waals surface area contributed by atoms with Crippen LogP contribution >= 0.6 is 16.3 Å². The molecule has 2 rings (SSSR count). The van der Waals surface area contributed by atoms with Gasteiger partial charge < -0.3 is 9.05 Å². The Morgan fingerprint density at radius 1 is 0.636 bits per heavy atom. The highest BCUT2D eigenvalue weighted by atomic mass is 31.1. The van der Waals surface area contributed by atoms with E-state index >= 15 is 0 Å². The maximum atomic E-state index is 5.96. The largest absolute Gasteiger partial charge is 0.474 e. The summed E-state index contributed by atoms with van der Waals surface area (Å²) in [4.78, 5) is 0. The van der Waals surface area contributed by atoms with Gasteiger partial charge in [-0.25, -0.2) is 0 Å². The highest BCUT2D eigenvalue weighted by molar-refractivity contribution is 7.52. The summed E-state index contributed by atoms with van der Waals surface area (Å²) >= 11 is 0. The molecule has 0 fully saturated rings. The van der Waals surface area contributed by atoms with Crippen LogP contribution in [0.5, 0.6) is 11.5 Å². The first kappa shape index (κ1) is 17.3. The van der Waals surface area contributed by atoms with Gasteiger partial charge in [0.1, 0.15) is 11.5 Å². The van der Waals surface area contributed by atoms with Gasteiger partial charge in [-0.2, -0.15) is 0 Å². The molecule has 0 spiro atoms. The van der Waals surface area contributed by atoms with Gasteiger partial charge in [-0.05, 0) is 50.4 Å². The average molecular weight is 334 g/mol. The first-order chi connectivity index (χ1) is 10.7. The maximum Gasteiger partial charge on any atom is 0.123 e. The van der Waals surface area contributed by atoms with Crippen molar-refractivity contribution in [2.45, 2.75) is 12.8 Å². The molecule has 2 atom stereocenters. The molecule has 0 saturated carbocycles. The van der Waals surface area contributed by atoms with Gasteiger partial charge in [-0.15, -0.1) is 0 Å². The molecule has 0 aliphatic heterocycles. The summed E-state index contributed by atoms with van der Waals surface area (Å²) in [6.07, 6.45) is 4.72. The maximum absolute atomic E-state index is 5.96. The van der Waals surface area contributed by atoms with Crippen molar-refractivity contribution in [3.05, 3.63) is 60.7 Å². The third-order valence-corrected chi connectivity index (χ3v) is 6.14. The van der Waals surface area contributed by atoms with Crippen LogP contribution in [0.25, 0.3) is 0 Å². The van der Waals surface area contributed by atoms with Crippen LogP contribution in [0, 0.1) is 0 Å². The van der Waals surface area contributed by atoms with E-state index in [4.69, 9.17) is 9.05 Å². The molecule has 2 nitrogen and oxygen atoms in total. The third-order valence-electron chi connectivity index (χ3n) is 3.20. The first-order valence-electron chi connectivity index (χ1n) is 7.62. The number of benzene rings is 2. The van der Waals surface area contributed by atoms with Gasteiger partial charge in [0.05, 0.1) is 16.3 Å². The first-order valence-corrected chi connectivity index (χ1v) is 11.4. The Bertz CT molecular complexity index is 470. The molecule has 2 aromatic carbocycles. The predicted molar refractivity (Wildman–Crippen MR) is 98.8 cm³/mol. The molecule has 0 amide bonds. The number of unbranched alkanes of at least 4 members (excludes halogenated alkanes) is 1. The van der Waals surface area contributed by atoms with Gasteiger partial charge in [-0.3, -0.25) is 0 Å². The normalized spacial score (nSPS) is 13.4. The van der Waals surface area contributed by atoms with E-state index in [1.165, 1.54) is 12.8 Å². The Labute approximate surface area is 136 Å². The lowest BCUT2D eigenvalue weighted by atomic mass is 10.3. The Kier molecular flexibility index (Phi) is 7.71. The SMILES string of the molecule is CP(CCCCP(C)Oc1ccccc1)Oc1ccccc1. The van der Waals surface area contributed by atoms with E-state index in [-0.39, 0.29) is 16.3 Å². The lowest BCUT2D eigenvalue weighted by molar-refractivity contribution is 0.607. The molecule has 22 heavy (non-hydrogen) atoms. The Balaban J connectivity index is 1.58. The van der Waals surface area contributed by atoms with Gasteiger partial charge in [0.2, 0.25) is 0 Å². The van der Waals surface area contributed by atoms with Crippen molar-refractivity contribution in [1.29, 1.82) is 0 Å². The molecular formula is C18H24O2P2. The van der Waals surface area contributed by atoms with Crippen LogP contribution < -0.4 is 9.05 Å². The van der Waals surface area contributed by atoms with Crippen LogP contribution in [0.3, 0.4) is 0 Å². The van der Waals surface area contributed by atoms with E-state index in [1.54, 1.807) is 0 Å². The Hall–Kier alpha value is -1.10. The van der Waals surface area contributed by atoms with Gasteiger partial charge >= 0.3 is 0 Å². The molecule has 0 bridgehead atoms. The zero-order valence-electron chi connectivity index (χ0n) is 13.3. The van der Waals surface area contributed by atoms with Crippen LogP contribution in [0.15, 0.2) is 60.7 Å². The highest BCUT2D eigenvalue weighted by Crippen LogP contribution is 2.38. The van der Waals surface area contributed by atoms with E-state index in [0.29, 0.717) is 0 Å². The fourth-order valence-electron chi connectivity index (χ4n) is 2.08. The van der Waals surface area contributed by atoms with Gasteiger partial charge in [0.25, 0.3) is 0 Å². The molecule has 0 radical (unpaired) electrons. The molecule has 0 N–H and O–H groups in total. The number of rotatable bonds is 9. The summed E-state index contributed by atoms with van der Waals surface area (Å²) in [5, 5.41) is 0. The molecule has 0 aromatic heterocycles. The molecule has 0 saturated heterocycles. The molecule has 0 aliphatic rings. The van der Waals surface area contributed by atoms with Crippen LogP contribution in [0.4, 0.5) is 0 Å². The zero-order valence-corrected chi connectivity index (χ0v) is 15.1. The topological polar surface area (TPSA) is 18.5 Å². The van der Waals surface area contributed by atoms with Crippen molar-refractivity contribution in [2.75, 3.05) is 25.7 Å². The van der Waals surface area contributed by atoms with Crippen molar-refractivity contribution in [3.63, 3.8) is 0 Å². The van der Waals surface area contributed by atoms with E-state index < -0.39 is 0 Å². The second-order valence-electron chi connectivity index (χ2n) is 5.22. The van der Waals surface area contributed by atoms with Crippen molar-refractivity contribution in [3.8, 4) is 11.5 Å². The summed E-state index contributed by atoms with van der Waals surface area (Å²) in [6.45, 7) is 4.41. The molecule has 118 valence electrons. The molecule has 2 aromatic rings. The summed E-state index contributed by atoms with van der Waals surface area (Å²) < 4.78 is 11.9. The summed E-state index contributed by atoms with van der Waals surface area (Å²) in [5.41, 5.74) is 0. The van der Waals surface area contributed by atoms with Crippen LogP contribution in [0.2, 0.25) is 0 Å². The zero-order chi connectivity index (χ0) is 15.6. The minimum Gasteiger partial charge on any atom is -0.474 e. The van der Waals surface area contributed by atoms with Crippen molar-refractivity contribution in [1.82, 2.24) is 0 Å². The Morgan fingerprint density at radius 3 is 1.36 bits per heavy atom. The standard InChI is InChI=1S/C18H24O2P2/c1-21(19-17-11-5-3-6-12-17)15-9-10-16-22(2)20-18-13-7-4-8-14-18/h3-8,11-14H,9-10,15-16H2,1-2H3. The predicted octanol–water partition coefficient (Wildman–Crippen LogP) is 5.98.